The summed E-state index contributed by atoms with van der Waals surface area (Å²) in [7, 11) is 0. The van der Waals surface area contributed by atoms with Gasteiger partial charge in [0.2, 0.25) is 0 Å². The maximum Gasteiger partial charge on any atom is 0.338 e. The van der Waals surface area contributed by atoms with E-state index < -0.39 is 5.79 Å². The second kappa shape index (κ2) is 5.16. The Morgan fingerprint density at radius 3 is 2.75 bits per heavy atom. The summed E-state index contributed by atoms with van der Waals surface area (Å²) >= 11 is 0. The highest BCUT2D eigenvalue weighted by molar-refractivity contribution is 5.89. The van der Waals surface area contributed by atoms with E-state index in [9.17, 15) is 4.79 Å². The molecule has 0 aromatic heterocycles. The summed E-state index contributed by atoms with van der Waals surface area (Å²) in [6.07, 6.45) is 0.0699. The zero-order chi connectivity index (χ0) is 14.2. The Kier molecular flexibility index (Phi) is 3.50. The maximum absolute atomic E-state index is 11.8. The highest BCUT2D eigenvalue weighted by Gasteiger charge is 2.48. The molecule has 3 atom stereocenters. The predicted molar refractivity (Wildman–Crippen MR) is 70.0 cm³/mol. The van der Waals surface area contributed by atoms with Crippen molar-refractivity contribution in [1.82, 2.24) is 0 Å². The first kappa shape index (κ1) is 13.5. The summed E-state index contributed by atoms with van der Waals surface area (Å²) in [6, 6.07) is 8.91. The van der Waals surface area contributed by atoms with E-state index in [-0.39, 0.29) is 31.1 Å². The highest BCUT2D eigenvalue weighted by atomic mass is 16.8. The van der Waals surface area contributed by atoms with Gasteiger partial charge in [0.05, 0.1) is 11.7 Å². The van der Waals surface area contributed by atoms with Crippen LogP contribution in [0.2, 0.25) is 0 Å². The average molecular weight is 278 g/mol. The predicted octanol–water partition coefficient (Wildman–Crippen LogP) is 2.11. The van der Waals surface area contributed by atoms with E-state index in [2.05, 4.69) is 0 Å². The molecule has 2 heterocycles. The number of ether oxygens (including phenoxy) is 4. The van der Waals surface area contributed by atoms with Crippen molar-refractivity contribution in [2.75, 3.05) is 6.61 Å². The summed E-state index contributed by atoms with van der Waals surface area (Å²) in [6.45, 7) is 3.94. The van der Waals surface area contributed by atoms with Crippen molar-refractivity contribution in [2.45, 2.75) is 44.6 Å². The molecule has 0 saturated carbocycles. The second-order valence-corrected chi connectivity index (χ2v) is 5.50. The van der Waals surface area contributed by atoms with Gasteiger partial charge in [-0.3, -0.25) is 0 Å². The van der Waals surface area contributed by atoms with E-state index in [1.54, 1.807) is 24.3 Å². The van der Waals surface area contributed by atoms with Gasteiger partial charge in [-0.05, 0) is 26.0 Å². The minimum absolute atomic E-state index is 0.0783. The number of fused-ring (bicyclic) bond motifs is 1. The Balaban J connectivity index is 1.49. The summed E-state index contributed by atoms with van der Waals surface area (Å²) in [5.41, 5.74) is 0.541. The second-order valence-electron chi connectivity index (χ2n) is 5.50. The van der Waals surface area contributed by atoms with Gasteiger partial charge in [0.1, 0.15) is 12.7 Å². The highest BCUT2D eigenvalue weighted by Crippen LogP contribution is 2.37. The van der Waals surface area contributed by atoms with E-state index in [1.807, 2.05) is 19.9 Å². The van der Waals surface area contributed by atoms with Gasteiger partial charge in [-0.15, -0.1) is 0 Å². The molecule has 1 aromatic rings. The van der Waals surface area contributed by atoms with E-state index >= 15 is 0 Å². The van der Waals surface area contributed by atoms with Gasteiger partial charge < -0.3 is 18.9 Å². The molecule has 2 saturated heterocycles. The third-order valence-corrected chi connectivity index (χ3v) is 3.37. The number of carbonyl (C=O) groups is 1. The lowest BCUT2D eigenvalue weighted by Gasteiger charge is -2.20. The number of rotatable bonds is 3. The fraction of sp³-hybridized carbons (Fsp3) is 0.533. The van der Waals surface area contributed by atoms with E-state index in [0.29, 0.717) is 12.0 Å². The molecule has 20 heavy (non-hydrogen) atoms. The standard InChI is InChI=1S/C15H18O5/c1-15(2)19-12-8-11(18-14(12)20-15)9-17-13(16)10-6-4-3-5-7-10/h3-7,11-12,14H,8-9H2,1-2H3/t11-,12-,14-/m1/s1. The van der Waals surface area contributed by atoms with Crippen LogP contribution < -0.4 is 0 Å². The zero-order valence-electron chi connectivity index (χ0n) is 11.6. The molecule has 0 spiro atoms. The molecule has 0 aliphatic carbocycles. The van der Waals surface area contributed by atoms with Crippen LogP contribution in [0.25, 0.3) is 0 Å². The summed E-state index contributed by atoms with van der Waals surface area (Å²) in [5.74, 6) is -0.936. The average Bonchev–Trinajstić information content (AvgIpc) is 2.90. The van der Waals surface area contributed by atoms with Gasteiger partial charge in [0.15, 0.2) is 12.1 Å². The SMILES string of the molecule is CC1(C)O[C@H]2O[C@@H](COC(=O)c3ccccc3)C[C@H]2O1. The van der Waals surface area contributed by atoms with Crippen molar-refractivity contribution in [3.05, 3.63) is 35.9 Å². The van der Waals surface area contributed by atoms with Crippen molar-refractivity contribution < 1.29 is 23.7 Å². The molecule has 3 rings (SSSR count). The van der Waals surface area contributed by atoms with Crippen LogP contribution >= 0.6 is 0 Å². The van der Waals surface area contributed by atoms with Crippen LogP contribution in [0.1, 0.15) is 30.6 Å². The van der Waals surface area contributed by atoms with Crippen molar-refractivity contribution in [1.29, 1.82) is 0 Å². The molecule has 0 bridgehead atoms. The molecule has 108 valence electrons. The van der Waals surface area contributed by atoms with Crippen molar-refractivity contribution in [3.63, 3.8) is 0 Å². The van der Waals surface area contributed by atoms with Gasteiger partial charge in [-0.25, -0.2) is 4.79 Å². The van der Waals surface area contributed by atoms with Crippen LogP contribution in [0.3, 0.4) is 0 Å². The van der Waals surface area contributed by atoms with Crippen LogP contribution in [0, 0.1) is 0 Å². The van der Waals surface area contributed by atoms with Crippen LogP contribution in [0.15, 0.2) is 30.3 Å². The van der Waals surface area contributed by atoms with E-state index in [1.165, 1.54) is 0 Å². The van der Waals surface area contributed by atoms with E-state index in [4.69, 9.17) is 18.9 Å². The first-order valence-corrected chi connectivity index (χ1v) is 6.77. The molecule has 0 radical (unpaired) electrons. The Morgan fingerprint density at radius 1 is 1.30 bits per heavy atom. The Bertz CT molecular complexity index is 468. The quantitative estimate of drug-likeness (QED) is 0.793. The van der Waals surface area contributed by atoms with Crippen LogP contribution in [0.5, 0.6) is 0 Å². The largest absolute Gasteiger partial charge is 0.459 e. The lowest BCUT2D eigenvalue weighted by atomic mass is 10.2. The molecule has 2 aliphatic rings. The first-order valence-electron chi connectivity index (χ1n) is 6.77. The molecule has 0 N–H and O–H groups in total. The monoisotopic (exact) mass is 278 g/mol. The molecule has 5 nitrogen and oxygen atoms in total. The first-order chi connectivity index (χ1) is 9.53. The lowest BCUT2D eigenvalue weighted by molar-refractivity contribution is -0.207. The fourth-order valence-electron chi connectivity index (χ4n) is 2.52. The minimum Gasteiger partial charge on any atom is -0.459 e. The summed E-state index contributed by atoms with van der Waals surface area (Å²) in [5, 5.41) is 0. The number of hydrogen-bond acceptors (Lipinski definition) is 5. The molecule has 0 amide bonds. The van der Waals surface area contributed by atoms with Crippen molar-refractivity contribution in [3.8, 4) is 0 Å². The topological polar surface area (TPSA) is 54.0 Å². The maximum atomic E-state index is 11.8. The molecule has 1 aromatic carbocycles. The van der Waals surface area contributed by atoms with Crippen LogP contribution in [-0.2, 0) is 18.9 Å². The van der Waals surface area contributed by atoms with Gasteiger partial charge in [0.25, 0.3) is 0 Å². The third-order valence-electron chi connectivity index (χ3n) is 3.37. The number of carbonyl (C=O) groups excluding carboxylic acids is 1. The summed E-state index contributed by atoms with van der Waals surface area (Å²) < 4.78 is 22.3. The molecule has 2 fully saturated rings. The fourth-order valence-corrected chi connectivity index (χ4v) is 2.52. The molecular formula is C15H18O5. The number of benzene rings is 1. The van der Waals surface area contributed by atoms with Crippen molar-refractivity contribution >= 4 is 5.97 Å². The number of hydrogen-bond donors (Lipinski definition) is 0. The Hall–Kier alpha value is -1.43. The normalized spacial score (nSPS) is 31.0. The summed E-state index contributed by atoms with van der Waals surface area (Å²) in [4.78, 5) is 11.8. The molecule has 5 heteroatoms. The van der Waals surface area contributed by atoms with Gasteiger partial charge >= 0.3 is 5.97 Å². The van der Waals surface area contributed by atoms with E-state index in [0.717, 1.165) is 0 Å². The number of esters is 1. The van der Waals surface area contributed by atoms with Crippen LogP contribution in [0.4, 0.5) is 0 Å². The van der Waals surface area contributed by atoms with Crippen molar-refractivity contribution in [2.24, 2.45) is 0 Å². The Morgan fingerprint density at radius 2 is 2.05 bits per heavy atom. The smallest absolute Gasteiger partial charge is 0.338 e. The minimum atomic E-state index is -0.596. The van der Waals surface area contributed by atoms with Gasteiger partial charge in [-0.2, -0.15) is 0 Å². The lowest BCUT2D eigenvalue weighted by Crippen LogP contribution is -2.26. The Labute approximate surface area is 117 Å². The zero-order valence-corrected chi connectivity index (χ0v) is 11.6. The molecule has 0 unspecified atom stereocenters. The third kappa shape index (κ3) is 2.85. The molecule has 2 aliphatic heterocycles. The van der Waals surface area contributed by atoms with Crippen LogP contribution in [-0.4, -0.2) is 36.9 Å². The molecular weight excluding hydrogens is 260 g/mol. The van der Waals surface area contributed by atoms with Gasteiger partial charge in [0, 0.05) is 6.42 Å². The van der Waals surface area contributed by atoms with Gasteiger partial charge in [-0.1, -0.05) is 18.2 Å².